The third-order valence-electron chi connectivity index (χ3n) is 9.93. The standard InChI is InChI=1S/C23H34O5/c1-19(2)8-5-9-21-12-26-22(10-16(19)21)23-15(21)7-6-13(14(11-24)17(23)25)18(23)27-20(3,4)28-22/h13-16,18,24H,5-12H2,1-4H3/t13-,14-,15-,16+,18+,21+,22+,23-/m0/s1. The van der Waals surface area contributed by atoms with E-state index in [0.29, 0.717) is 12.5 Å². The Bertz CT molecular complexity index is 745. The molecule has 3 saturated heterocycles. The van der Waals surface area contributed by atoms with Crippen LogP contribution in [-0.2, 0) is 19.0 Å². The zero-order valence-electron chi connectivity index (χ0n) is 17.6. The molecule has 3 heterocycles. The molecule has 7 aliphatic rings. The van der Waals surface area contributed by atoms with Gasteiger partial charge in [0, 0.05) is 17.8 Å². The Kier molecular flexibility index (Phi) is 3.29. The second kappa shape index (κ2) is 5.04. The molecule has 28 heavy (non-hydrogen) atoms. The highest BCUT2D eigenvalue weighted by molar-refractivity contribution is 5.93. The van der Waals surface area contributed by atoms with Crippen molar-refractivity contribution in [2.24, 2.45) is 39.9 Å². The van der Waals surface area contributed by atoms with Gasteiger partial charge in [0.1, 0.15) is 5.41 Å². The summed E-state index contributed by atoms with van der Waals surface area (Å²) in [6, 6.07) is 0. The second-order valence-electron chi connectivity index (χ2n) is 11.7. The van der Waals surface area contributed by atoms with Crippen LogP contribution in [0.4, 0.5) is 0 Å². The lowest BCUT2D eigenvalue weighted by molar-refractivity contribution is -0.509. The maximum atomic E-state index is 14.0. The number of ketones is 1. The van der Waals surface area contributed by atoms with Crippen LogP contribution in [0.25, 0.3) is 0 Å². The first-order valence-electron chi connectivity index (χ1n) is 11.3. The number of hydrogen-bond donors (Lipinski definition) is 1. The molecule has 0 radical (unpaired) electrons. The predicted octanol–water partition coefficient (Wildman–Crippen LogP) is 3.28. The van der Waals surface area contributed by atoms with E-state index in [0.717, 1.165) is 25.7 Å². The molecule has 0 unspecified atom stereocenters. The number of aliphatic hydroxyl groups excluding tert-OH is 1. The summed E-state index contributed by atoms with van der Waals surface area (Å²) in [5.74, 6) is -1.01. The van der Waals surface area contributed by atoms with Crippen LogP contribution in [-0.4, -0.2) is 41.8 Å². The zero-order chi connectivity index (χ0) is 19.7. The molecule has 1 N–H and O–H groups in total. The average Bonchev–Trinajstić information content (AvgIpc) is 2.75. The highest BCUT2D eigenvalue weighted by Gasteiger charge is 2.86. The van der Waals surface area contributed by atoms with Gasteiger partial charge in [-0.2, -0.15) is 0 Å². The van der Waals surface area contributed by atoms with Crippen LogP contribution < -0.4 is 0 Å². The SMILES string of the molecule is CC1(C)O[C@@H]2[C@H]3CC[C@H]4[C@]56CCCC(C)(C)[C@H]5C[C@@](OC6)(O1)[C@@]24C(=O)[C@H]3CO. The molecule has 156 valence electrons. The summed E-state index contributed by atoms with van der Waals surface area (Å²) < 4.78 is 19.9. The Morgan fingerprint density at radius 2 is 1.89 bits per heavy atom. The molecule has 7 fully saturated rings. The topological polar surface area (TPSA) is 65.0 Å². The van der Waals surface area contributed by atoms with E-state index < -0.39 is 17.0 Å². The van der Waals surface area contributed by atoms with Gasteiger partial charge in [-0.1, -0.05) is 20.3 Å². The summed E-state index contributed by atoms with van der Waals surface area (Å²) in [5.41, 5.74) is -0.464. The maximum absolute atomic E-state index is 14.0. The molecule has 8 atom stereocenters. The largest absolute Gasteiger partial charge is 0.396 e. The molecule has 0 aromatic carbocycles. The Morgan fingerprint density at radius 1 is 1.11 bits per heavy atom. The lowest BCUT2D eigenvalue weighted by Crippen LogP contribution is -2.82. The van der Waals surface area contributed by atoms with Gasteiger partial charge in [-0.3, -0.25) is 4.79 Å². The van der Waals surface area contributed by atoms with Crippen LogP contribution in [0.1, 0.15) is 66.2 Å². The van der Waals surface area contributed by atoms with Gasteiger partial charge in [-0.25, -0.2) is 0 Å². The number of ether oxygens (including phenoxy) is 3. The molecule has 7 rings (SSSR count). The van der Waals surface area contributed by atoms with Gasteiger partial charge in [0.25, 0.3) is 0 Å². The number of Topliss-reactive ketones (excluding diaryl/α,β-unsaturated/α-hetero) is 1. The van der Waals surface area contributed by atoms with E-state index in [9.17, 15) is 9.90 Å². The Labute approximate surface area is 167 Å². The monoisotopic (exact) mass is 390 g/mol. The van der Waals surface area contributed by atoms with Gasteiger partial charge in [0.05, 0.1) is 19.3 Å². The van der Waals surface area contributed by atoms with E-state index in [1.54, 1.807) is 0 Å². The average molecular weight is 391 g/mol. The first-order chi connectivity index (χ1) is 13.1. The van der Waals surface area contributed by atoms with Crippen molar-refractivity contribution >= 4 is 5.78 Å². The molecule has 3 aliphatic heterocycles. The molecule has 3 spiro atoms. The maximum Gasteiger partial charge on any atom is 0.187 e. The van der Waals surface area contributed by atoms with E-state index in [1.165, 1.54) is 12.8 Å². The van der Waals surface area contributed by atoms with Crippen LogP contribution in [0.2, 0.25) is 0 Å². The van der Waals surface area contributed by atoms with Gasteiger partial charge in [-0.15, -0.1) is 0 Å². The van der Waals surface area contributed by atoms with Gasteiger partial charge in [0.15, 0.2) is 17.4 Å². The Morgan fingerprint density at radius 3 is 2.64 bits per heavy atom. The first kappa shape index (κ1) is 18.3. The van der Waals surface area contributed by atoms with Crippen molar-refractivity contribution in [3.05, 3.63) is 0 Å². The highest BCUT2D eigenvalue weighted by atomic mass is 16.8. The Balaban J connectivity index is 1.61. The fourth-order valence-corrected chi connectivity index (χ4v) is 9.23. The predicted molar refractivity (Wildman–Crippen MR) is 101 cm³/mol. The highest BCUT2D eigenvalue weighted by Crippen LogP contribution is 2.79. The van der Waals surface area contributed by atoms with Crippen molar-refractivity contribution in [2.45, 2.75) is 83.9 Å². The lowest BCUT2D eigenvalue weighted by Gasteiger charge is -2.76. The number of fused-ring (bicyclic) bond motifs is 1. The van der Waals surface area contributed by atoms with Crippen LogP contribution in [0.15, 0.2) is 0 Å². The summed E-state index contributed by atoms with van der Waals surface area (Å²) in [6.07, 6.45) is 6.17. The minimum absolute atomic E-state index is 0.0426. The van der Waals surface area contributed by atoms with E-state index >= 15 is 0 Å². The fourth-order valence-electron chi connectivity index (χ4n) is 9.23. The summed E-state index contributed by atoms with van der Waals surface area (Å²) in [5, 5.41) is 10.1. The van der Waals surface area contributed by atoms with Gasteiger partial charge < -0.3 is 19.3 Å². The van der Waals surface area contributed by atoms with Crippen LogP contribution >= 0.6 is 0 Å². The lowest BCUT2D eigenvalue weighted by atomic mass is 9.37. The van der Waals surface area contributed by atoms with Gasteiger partial charge in [-0.05, 0) is 62.7 Å². The number of rotatable bonds is 1. The van der Waals surface area contributed by atoms with Crippen LogP contribution in [0.5, 0.6) is 0 Å². The molecule has 4 bridgehead atoms. The van der Waals surface area contributed by atoms with E-state index in [-0.39, 0.29) is 47.1 Å². The molecule has 5 heteroatoms. The minimum atomic E-state index is -0.898. The second-order valence-corrected chi connectivity index (χ2v) is 11.7. The smallest absolute Gasteiger partial charge is 0.187 e. The number of aliphatic hydroxyl groups is 1. The molecule has 0 aromatic rings. The fraction of sp³-hybridized carbons (Fsp3) is 0.957. The summed E-state index contributed by atoms with van der Waals surface area (Å²) in [7, 11) is 0. The molecular weight excluding hydrogens is 356 g/mol. The van der Waals surface area contributed by atoms with E-state index in [1.807, 2.05) is 13.8 Å². The Hall–Kier alpha value is -0.490. The van der Waals surface area contributed by atoms with Crippen molar-refractivity contribution < 1.29 is 24.1 Å². The van der Waals surface area contributed by atoms with Crippen molar-refractivity contribution in [3.63, 3.8) is 0 Å². The molecule has 4 aliphatic carbocycles. The van der Waals surface area contributed by atoms with Crippen molar-refractivity contribution in [1.82, 2.24) is 0 Å². The molecule has 4 saturated carbocycles. The summed E-state index contributed by atoms with van der Waals surface area (Å²) in [4.78, 5) is 14.0. The van der Waals surface area contributed by atoms with Gasteiger partial charge in [0.2, 0.25) is 0 Å². The minimum Gasteiger partial charge on any atom is -0.396 e. The van der Waals surface area contributed by atoms with E-state index in [4.69, 9.17) is 14.2 Å². The molecule has 0 amide bonds. The van der Waals surface area contributed by atoms with Crippen LogP contribution in [0.3, 0.4) is 0 Å². The van der Waals surface area contributed by atoms with Crippen molar-refractivity contribution in [3.8, 4) is 0 Å². The molecular formula is C23H34O5. The third-order valence-corrected chi connectivity index (χ3v) is 9.93. The van der Waals surface area contributed by atoms with Gasteiger partial charge >= 0.3 is 0 Å². The van der Waals surface area contributed by atoms with Crippen molar-refractivity contribution in [2.75, 3.05) is 13.2 Å². The third kappa shape index (κ3) is 1.72. The van der Waals surface area contributed by atoms with Crippen LogP contribution in [0, 0.1) is 39.9 Å². The van der Waals surface area contributed by atoms with Crippen molar-refractivity contribution in [1.29, 1.82) is 0 Å². The quantitative estimate of drug-likeness (QED) is 0.744. The normalized spacial score (nSPS) is 57.6. The number of carbonyl (C=O) groups excluding carboxylic acids is 1. The molecule has 0 aromatic heterocycles. The molecule has 5 nitrogen and oxygen atoms in total. The number of carbonyl (C=O) groups is 1. The zero-order valence-corrected chi connectivity index (χ0v) is 17.6. The van der Waals surface area contributed by atoms with E-state index in [2.05, 4.69) is 13.8 Å². The summed E-state index contributed by atoms with van der Waals surface area (Å²) in [6.45, 7) is 9.35. The summed E-state index contributed by atoms with van der Waals surface area (Å²) >= 11 is 0. The number of hydrogen-bond acceptors (Lipinski definition) is 5. The first-order valence-corrected chi connectivity index (χ1v) is 11.3.